The average Bonchev–Trinajstić information content (AvgIpc) is 2.89. The van der Waals surface area contributed by atoms with Crippen molar-refractivity contribution in [2.75, 3.05) is 0 Å². The van der Waals surface area contributed by atoms with Crippen LogP contribution in [0.25, 0.3) is 0 Å². The summed E-state index contributed by atoms with van der Waals surface area (Å²) in [5.41, 5.74) is 6.35. The molecule has 0 fully saturated rings. The highest BCUT2D eigenvalue weighted by atomic mass is 16.3. The lowest BCUT2D eigenvalue weighted by atomic mass is 9.78. The van der Waals surface area contributed by atoms with E-state index in [-0.39, 0.29) is 10.8 Å². The summed E-state index contributed by atoms with van der Waals surface area (Å²) in [5.74, 6) is 0.910. The van der Waals surface area contributed by atoms with Gasteiger partial charge in [0.05, 0.1) is 0 Å². The van der Waals surface area contributed by atoms with Gasteiger partial charge in [0, 0.05) is 6.42 Å². The van der Waals surface area contributed by atoms with E-state index < -0.39 is 0 Å². The predicted octanol–water partition coefficient (Wildman–Crippen LogP) is 11.9. The maximum absolute atomic E-state index is 11.5. The van der Waals surface area contributed by atoms with E-state index in [1.165, 1.54) is 94.6 Å². The quantitative estimate of drug-likeness (QED) is 0.177. The number of rotatable bonds is 18. The Labute approximate surface area is 254 Å². The van der Waals surface area contributed by atoms with Gasteiger partial charge in [0.1, 0.15) is 11.5 Å². The number of hydrogen-bond acceptors (Lipinski definition) is 2. The zero-order valence-electron chi connectivity index (χ0n) is 28.2. The van der Waals surface area contributed by atoms with E-state index in [1.54, 1.807) is 0 Å². The van der Waals surface area contributed by atoms with E-state index in [1.807, 2.05) is 0 Å². The Morgan fingerprint density at radius 2 is 0.878 bits per heavy atom. The SMILES string of the molecule is CCCCCCCCCc1cc(CCCCCCCCC)c(O)c(Cc2cc(C(C)(C)C)c(O)c(C(C)(C)C)c2)c1. The Morgan fingerprint density at radius 1 is 0.463 bits per heavy atom. The van der Waals surface area contributed by atoms with E-state index >= 15 is 0 Å². The topological polar surface area (TPSA) is 40.5 Å². The molecular formula is C39H64O2. The third-order valence-corrected chi connectivity index (χ3v) is 8.63. The molecule has 2 heteroatoms. The minimum absolute atomic E-state index is 0.163. The molecule has 0 aromatic heterocycles. The van der Waals surface area contributed by atoms with Crippen molar-refractivity contribution in [3.05, 3.63) is 57.6 Å². The zero-order valence-corrected chi connectivity index (χ0v) is 28.2. The summed E-state index contributed by atoms with van der Waals surface area (Å²) in [6.45, 7) is 17.5. The van der Waals surface area contributed by atoms with Gasteiger partial charge in [-0.15, -0.1) is 0 Å². The number of unbranched alkanes of at least 4 members (excludes halogenated alkanes) is 12. The largest absolute Gasteiger partial charge is 0.507 e. The molecule has 232 valence electrons. The molecule has 0 unspecified atom stereocenters. The summed E-state index contributed by atoms with van der Waals surface area (Å²) in [6, 6.07) is 8.90. The van der Waals surface area contributed by atoms with Gasteiger partial charge in [0.15, 0.2) is 0 Å². The highest BCUT2D eigenvalue weighted by molar-refractivity contribution is 5.52. The molecule has 0 radical (unpaired) electrons. The van der Waals surface area contributed by atoms with Crippen LogP contribution in [0.1, 0.15) is 179 Å². The molecule has 0 atom stereocenters. The first kappa shape index (κ1) is 35.2. The van der Waals surface area contributed by atoms with Crippen molar-refractivity contribution in [1.82, 2.24) is 0 Å². The van der Waals surface area contributed by atoms with Crippen LogP contribution in [0.3, 0.4) is 0 Å². The van der Waals surface area contributed by atoms with Crippen molar-refractivity contribution in [3.8, 4) is 11.5 Å². The van der Waals surface area contributed by atoms with Crippen LogP contribution in [0.4, 0.5) is 0 Å². The van der Waals surface area contributed by atoms with E-state index in [9.17, 15) is 10.2 Å². The minimum atomic E-state index is -0.163. The Kier molecular flexibility index (Phi) is 14.8. The second-order valence-corrected chi connectivity index (χ2v) is 14.7. The van der Waals surface area contributed by atoms with Crippen molar-refractivity contribution in [1.29, 1.82) is 0 Å². The van der Waals surface area contributed by atoms with Crippen molar-refractivity contribution < 1.29 is 10.2 Å². The van der Waals surface area contributed by atoms with E-state index in [2.05, 4.69) is 79.7 Å². The molecule has 0 saturated heterocycles. The summed E-state index contributed by atoms with van der Waals surface area (Å²) >= 11 is 0. The first-order chi connectivity index (χ1) is 19.4. The molecule has 2 aromatic carbocycles. The van der Waals surface area contributed by atoms with Crippen LogP contribution in [0.15, 0.2) is 24.3 Å². The first-order valence-electron chi connectivity index (χ1n) is 17.1. The molecule has 2 nitrogen and oxygen atoms in total. The van der Waals surface area contributed by atoms with Crippen molar-refractivity contribution >= 4 is 0 Å². The molecule has 2 rings (SSSR count). The van der Waals surface area contributed by atoms with Crippen LogP contribution < -0.4 is 0 Å². The summed E-state index contributed by atoms with van der Waals surface area (Å²) in [5, 5.41) is 22.7. The molecule has 2 N–H and O–H groups in total. The number of phenolic OH excluding ortho intramolecular Hbond substituents is 2. The number of hydrogen-bond donors (Lipinski definition) is 2. The Bertz CT molecular complexity index is 1000. The maximum Gasteiger partial charge on any atom is 0.123 e. The Morgan fingerprint density at radius 3 is 1.34 bits per heavy atom. The van der Waals surface area contributed by atoms with Crippen LogP contribution in [0.2, 0.25) is 0 Å². The van der Waals surface area contributed by atoms with Crippen LogP contribution in [-0.4, -0.2) is 10.2 Å². The first-order valence-corrected chi connectivity index (χ1v) is 17.1. The number of aryl methyl sites for hydroxylation is 2. The van der Waals surface area contributed by atoms with Gasteiger partial charge in [-0.2, -0.15) is 0 Å². The summed E-state index contributed by atoms with van der Waals surface area (Å²) in [7, 11) is 0. The van der Waals surface area contributed by atoms with Crippen LogP contribution in [0, 0.1) is 0 Å². The standard InChI is InChI=1S/C39H64O2/c1-9-11-13-15-17-19-21-23-30-25-32(24-22-20-18-16-14-12-10-2)36(40)33(26-30)27-31-28-34(38(3,4)5)37(41)35(29-31)39(6,7)8/h25-26,28-29,40-41H,9-24,27H2,1-8H3. The van der Waals surface area contributed by atoms with E-state index in [0.717, 1.165) is 41.5 Å². The number of benzene rings is 2. The van der Waals surface area contributed by atoms with Gasteiger partial charge in [0.25, 0.3) is 0 Å². The molecule has 41 heavy (non-hydrogen) atoms. The maximum atomic E-state index is 11.5. The lowest BCUT2D eigenvalue weighted by Crippen LogP contribution is -2.18. The Hall–Kier alpha value is -1.96. The molecule has 0 amide bonds. The van der Waals surface area contributed by atoms with Gasteiger partial charge in [0.2, 0.25) is 0 Å². The smallest absolute Gasteiger partial charge is 0.123 e. The third-order valence-electron chi connectivity index (χ3n) is 8.63. The van der Waals surface area contributed by atoms with Gasteiger partial charge in [-0.05, 0) is 69.9 Å². The third kappa shape index (κ3) is 12.0. The van der Waals surface area contributed by atoms with Gasteiger partial charge < -0.3 is 10.2 Å². The molecule has 0 bridgehead atoms. The fourth-order valence-corrected chi connectivity index (χ4v) is 6.02. The van der Waals surface area contributed by atoms with Gasteiger partial charge in [-0.25, -0.2) is 0 Å². The minimum Gasteiger partial charge on any atom is -0.507 e. The number of aromatic hydroxyl groups is 2. The fourth-order valence-electron chi connectivity index (χ4n) is 6.02. The van der Waals surface area contributed by atoms with Gasteiger partial charge in [-0.3, -0.25) is 0 Å². The van der Waals surface area contributed by atoms with E-state index in [4.69, 9.17) is 0 Å². The molecule has 0 aliphatic carbocycles. The lowest BCUT2D eigenvalue weighted by Gasteiger charge is -2.28. The molecular weight excluding hydrogens is 500 g/mol. The molecule has 2 aromatic rings. The Balaban J connectivity index is 2.30. The predicted molar refractivity (Wildman–Crippen MR) is 180 cm³/mol. The van der Waals surface area contributed by atoms with Crippen molar-refractivity contribution in [2.45, 2.75) is 175 Å². The second-order valence-electron chi connectivity index (χ2n) is 14.7. The van der Waals surface area contributed by atoms with Crippen molar-refractivity contribution in [2.24, 2.45) is 0 Å². The molecule has 0 aliphatic heterocycles. The number of phenols is 2. The lowest BCUT2D eigenvalue weighted by molar-refractivity contribution is 0.422. The van der Waals surface area contributed by atoms with Crippen LogP contribution in [0.5, 0.6) is 11.5 Å². The zero-order chi connectivity index (χ0) is 30.5. The molecule has 0 spiro atoms. The summed E-state index contributed by atoms with van der Waals surface area (Å²) in [4.78, 5) is 0. The van der Waals surface area contributed by atoms with Crippen molar-refractivity contribution in [3.63, 3.8) is 0 Å². The molecule has 0 heterocycles. The molecule has 0 aliphatic rings. The highest BCUT2D eigenvalue weighted by Crippen LogP contribution is 2.41. The van der Waals surface area contributed by atoms with E-state index in [0.29, 0.717) is 17.9 Å². The normalized spacial score (nSPS) is 12.3. The summed E-state index contributed by atoms with van der Waals surface area (Å²) < 4.78 is 0. The van der Waals surface area contributed by atoms with Gasteiger partial charge >= 0.3 is 0 Å². The highest BCUT2D eigenvalue weighted by Gasteiger charge is 2.27. The van der Waals surface area contributed by atoms with Crippen LogP contribution in [-0.2, 0) is 30.1 Å². The molecule has 0 saturated carbocycles. The van der Waals surface area contributed by atoms with Gasteiger partial charge in [-0.1, -0.05) is 157 Å². The monoisotopic (exact) mass is 564 g/mol. The average molecular weight is 565 g/mol. The van der Waals surface area contributed by atoms with Crippen LogP contribution >= 0.6 is 0 Å². The summed E-state index contributed by atoms with van der Waals surface area (Å²) in [6.07, 6.45) is 20.9. The second kappa shape index (κ2) is 17.2. The fraction of sp³-hybridized carbons (Fsp3) is 0.692.